The fourth-order valence-corrected chi connectivity index (χ4v) is 9.02. The topological polar surface area (TPSA) is 126 Å². The van der Waals surface area contributed by atoms with Gasteiger partial charge >= 0.3 is 11.9 Å². The van der Waals surface area contributed by atoms with E-state index in [1.165, 1.54) is 51.1 Å². The van der Waals surface area contributed by atoms with Crippen LogP contribution in [0.15, 0.2) is 97.8 Å². The molecule has 1 saturated heterocycles. The summed E-state index contributed by atoms with van der Waals surface area (Å²) in [6.07, 6.45) is -0.777. The normalized spacial score (nSPS) is 17.7. The molecular formula is C31H25N3O6S4. The maximum Gasteiger partial charge on any atom is 0.356 e. The number of amides is 2. The number of nitrogens with one attached hydrogen (secondary N) is 1. The van der Waals surface area contributed by atoms with Gasteiger partial charge < -0.3 is 15.2 Å². The Labute approximate surface area is 269 Å². The van der Waals surface area contributed by atoms with Crippen LogP contribution < -0.4 is 5.32 Å². The Balaban J connectivity index is 1.29. The van der Waals surface area contributed by atoms with Crippen LogP contribution in [0.4, 0.5) is 0 Å². The maximum absolute atomic E-state index is 14.1. The number of ether oxygens (including phenoxy) is 1. The van der Waals surface area contributed by atoms with Crippen LogP contribution in [-0.2, 0) is 36.8 Å². The minimum Gasteiger partial charge on any atom is -0.481 e. The van der Waals surface area contributed by atoms with E-state index < -0.39 is 35.4 Å². The first kappa shape index (κ1) is 30.1. The Morgan fingerprint density at radius 1 is 1.02 bits per heavy atom. The Morgan fingerprint density at radius 2 is 1.73 bits per heavy atom. The number of esters is 1. The molecule has 13 heteroatoms. The Morgan fingerprint density at radius 3 is 2.36 bits per heavy atom. The van der Waals surface area contributed by atoms with E-state index in [1.807, 2.05) is 77.5 Å². The number of aliphatic carboxylic acids is 1. The molecule has 4 heterocycles. The molecule has 0 spiro atoms. The van der Waals surface area contributed by atoms with Crippen molar-refractivity contribution in [3.05, 3.63) is 116 Å². The number of thioether (sulfide) groups is 2. The van der Waals surface area contributed by atoms with Crippen LogP contribution in [-0.4, -0.2) is 55.9 Å². The van der Waals surface area contributed by atoms with Gasteiger partial charge in [0.2, 0.25) is 5.91 Å². The molecule has 2 aromatic heterocycles. The number of hydrogen-bond acceptors (Lipinski definition) is 10. The molecule has 6 rings (SSSR count). The number of fused-ring (bicyclic) bond motifs is 1. The largest absolute Gasteiger partial charge is 0.481 e. The number of carboxylic acids is 1. The van der Waals surface area contributed by atoms with Gasteiger partial charge in [0.15, 0.2) is 10.4 Å². The third-order valence-electron chi connectivity index (χ3n) is 6.89. The summed E-state index contributed by atoms with van der Waals surface area (Å²) >= 11 is 5.43. The predicted molar refractivity (Wildman–Crippen MR) is 170 cm³/mol. The Kier molecular flexibility index (Phi) is 9.17. The highest BCUT2D eigenvalue weighted by Crippen LogP contribution is 2.46. The van der Waals surface area contributed by atoms with Crippen molar-refractivity contribution in [2.45, 2.75) is 34.7 Å². The average molecular weight is 664 g/mol. The second kappa shape index (κ2) is 13.4. The molecule has 2 N–H and O–H groups in total. The summed E-state index contributed by atoms with van der Waals surface area (Å²) in [4.78, 5) is 58.0. The minimum atomic E-state index is -0.988. The second-order valence-electron chi connectivity index (χ2n) is 9.92. The molecule has 2 atom stereocenters. The molecule has 224 valence electrons. The zero-order valence-corrected chi connectivity index (χ0v) is 26.2. The number of carbonyl (C=O) groups excluding carboxylic acids is 3. The molecule has 0 aliphatic carbocycles. The van der Waals surface area contributed by atoms with Crippen LogP contribution in [0, 0.1) is 0 Å². The van der Waals surface area contributed by atoms with Gasteiger partial charge in [0.1, 0.15) is 17.1 Å². The predicted octanol–water partition coefficient (Wildman–Crippen LogP) is 5.11. The molecule has 4 aromatic rings. The smallest absolute Gasteiger partial charge is 0.356 e. The van der Waals surface area contributed by atoms with Crippen LogP contribution >= 0.6 is 46.2 Å². The van der Waals surface area contributed by atoms with Gasteiger partial charge in [-0.25, -0.2) is 9.78 Å². The number of nitrogens with zero attached hydrogens (tertiary/aromatic N) is 2. The molecule has 0 bridgehead atoms. The fraction of sp³-hybridized carbons (Fsp3) is 0.194. The summed E-state index contributed by atoms with van der Waals surface area (Å²) in [7, 11) is 0. The van der Waals surface area contributed by atoms with Crippen molar-refractivity contribution in [2.75, 3.05) is 5.75 Å². The van der Waals surface area contributed by atoms with Gasteiger partial charge in [0.25, 0.3) is 5.91 Å². The van der Waals surface area contributed by atoms with Gasteiger partial charge in [-0.3, -0.25) is 19.3 Å². The quantitative estimate of drug-likeness (QED) is 0.166. The molecule has 9 nitrogen and oxygen atoms in total. The lowest BCUT2D eigenvalue weighted by Crippen LogP contribution is -2.70. The van der Waals surface area contributed by atoms with Crippen LogP contribution in [0.5, 0.6) is 0 Å². The number of benzene rings is 2. The third-order valence-corrected chi connectivity index (χ3v) is 11.2. The van der Waals surface area contributed by atoms with Crippen LogP contribution in [0.2, 0.25) is 0 Å². The fourth-order valence-electron chi connectivity index (χ4n) is 4.89. The number of β-lactam (4-membered cyclic amide) rings is 1. The number of carbonyl (C=O) groups is 4. The van der Waals surface area contributed by atoms with Gasteiger partial charge in [-0.1, -0.05) is 72.4 Å². The zero-order chi connectivity index (χ0) is 30.6. The third kappa shape index (κ3) is 6.60. The summed E-state index contributed by atoms with van der Waals surface area (Å²) in [5, 5.41) is 17.0. The summed E-state index contributed by atoms with van der Waals surface area (Å²) in [5.74, 6) is -1.95. The van der Waals surface area contributed by atoms with Crippen LogP contribution in [0.25, 0.3) is 0 Å². The molecular weight excluding hydrogens is 639 g/mol. The number of carboxylic acid groups (broad SMARTS) is 1. The summed E-state index contributed by atoms with van der Waals surface area (Å²) < 4.78 is 6.73. The maximum atomic E-state index is 14.1. The monoisotopic (exact) mass is 663 g/mol. The molecule has 44 heavy (non-hydrogen) atoms. The Hall–Kier alpha value is -3.91. The highest BCUT2D eigenvalue weighted by molar-refractivity contribution is 8.07. The lowest BCUT2D eigenvalue weighted by molar-refractivity contribution is -0.154. The van der Waals surface area contributed by atoms with Crippen molar-refractivity contribution in [1.29, 1.82) is 0 Å². The number of hydrogen-bond donors (Lipinski definition) is 2. The van der Waals surface area contributed by atoms with E-state index in [9.17, 15) is 19.2 Å². The summed E-state index contributed by atoms with van der Waals surface area (Å²) in [5.41, 5.74) is 2.94. The number of thiazole rings is 1. The van der Waals surface area contributed by atoms with E-state index in [2.05, 4.69) is 10.3 Å². The molecule has 0 unspecified atom stereocenters. The van der Waals surface area contributed by atoms with Crippen molar-refractivity contribution < 1.29 is 29.0 Å². The van der Waals surface area contributed by atoms with E-state index >= 15 is 0 Å². The zero-order valence-electron chi connectivity index (χ0n) is 23.0. The minimum absolute atomic E-state index is 0.110. The van der Waals surface area contributed by atoms with Crippen molar-refractivity contribution in [3.63, 3.8) is 0 Å². The van der Waals surface area contributed by atoms with Crippen molar-refractivity contribution in [1.82, 2.24) is 15.2 Å². The summed E-state index contributed by atoms with van der Waals surface area (Å²) in [6.45, 7) is 0. The molecule has 0 saturated carbocycles. The van der Waals surface area contributed by atoms with E-state index in [4.69, 9.17) is 9.84 Å². The van der Waals surface area contributed by atoms with Gasteiger partial charge in [0.05, 0.1) is 18.5 Å². The van der Waals surface area contributed by atoms with Crippen LogP contribution in [0.3, 0.4) is 0 Å². The second-order valence-corrected chi connectivity index (χ2v) is 14.0. The van der Waals surface area contributed by atoms with Crippen molar-refractivity contribution in [3.8, 4) is 0 Å². The van der Waals surface area contributed by atoms with Gasteiger partial charge in [-0.05, 0) is 33.5 Å². The van der Waals surface area contributed by atoms with Gasteiger partial charge in [0, 0.05) is 16.0 Å². The molecule has 2 amide bonds. The number of rotatable bonds is 11. The van der Waals surface area contributed by atoms with Gasteiger partial charge in [-0.2, -0.15) is 11.3 Å². The van der Waals surface area contributed by atoms with Crippen molar-refractivity contribution in [2.24, 2.45) is 0 Å². The highest BCUT2D eigenvalue weighted by atomic mass is 32.2. The lowest BCUT2D eigenvalue weighted by atomic mass is 10.0. The number of aromatic nitrogens is 1. The first-order valence-electron chi connectivity index (χ1n) is 13.5. The first-order valence-corrected chi connectivity index (χ1v) is 17.2. The van der Waals surface area contributed by atoms with E-state index in [0.717, 1.165) is 16.7 Å². The van der Waals surface area contributed by atoms with E-state index in [-0.39, 0.29) is 24.4 Å². The Bertz CT molecular complexity index is 1670. The van der Waals surface area contributed by atoms with E-state index in [1.54, 1.807) is 5.38 Å². The lowest BCUT2D eigenvalue weighted by Gasteiger charge is -2.49. The van der Waals surface area contributed by atoms with Gasteiger partial charge in [-0.15, -0.1) is 23.1 Å². The van der Waals surface area contributed by atoms with E-state index in [0.29, 0.717) is 20.7 Å². The number of thiophene rings is 1. The van der Waals surface area contributed by atoms with Crippen molar-refractivity contribution >= 4 is 70.0 Å². The first-order chi connectivity index (χ1) is 21.4. The van der Waals surface area contributed by atoms with Crippen LogP contribution in [0.1, 0.15) is 28.5 Å². The molecule has 0 radical (unpaired) electrons. The SMILES string of the molecule is O=C(O)Cc1csc(SC2=C(C(=O)OC(c3ccccc3)c3ccccc3)N3C(=O)[C@@H](NC(=O)Cc4ccsc4)[C@H]3SC2)n1. The summed E-state index contributed by atoms with van der Waals surface area (Å²) in [6, 6.07) is 19.8. The molecule has 1 fully saturated rings. The highest BCUT2D eigenvalue weighted by Gasteiger charge is 2.55. The molecule has 2 aliphatic rings. The molecule has 2 aromatic carbocycles. The standard InChI is InChI=1S/C31H25N3O6S4/c35-23(13-18-11-12-41-15-18)33-25-28(38)34-26(22(17-42-29(25)34)44-31-32-21(16-43-31)14-24(36)37)30(39)40-27(19-7-3-1-4-8-19)20-9-5-2-6-10-20/h1-12,15-16,25,27,29H,13-14,17H2,(H,33,35)(H,36,37)/t25-,29-/m1/s1. The average Bonchev–Trinajstić information content (AvgIpc) is 3.71. The molecule has 2 aliphatic heterocycles.